The van der Waals surface area contributed by atoms with E-state index in [1.54, 1.807) is 0 Å². The molecule has 0 unspecified atom stereocenters. The lowest BCUT2D eigenvalue weighted by Crippen LogP contribution is -1.98. The maximum absolute atomic E-state index is 5.44. The Morgan fingerprint density at radius 2 is 1.86 bits per heavy atom. The highest BCUT2D eigenvalue weighted by molar-refractivity contribution is 9.10. The molecule has 0 fully saturated rings. The average Bonchev–Trinajstić information content (AvgIpc) is 2.53. The molecule has 0 amide bonds. The van der Waals surface area contributed by atoms with Gasteiger partial charge in [0.2, 0.25) is 0 Å². The van der Waals surface area contributed by atoms with Gasteiger partial charge in [-0.05, 0) is 24.3 Å². The molecular formula is C8H8BrClN4. The molecular weight excluding hydrogens is 267 g/mol. The topological polar surface area (TPSA) is 56.7 Å². The van der Waals surface area contributed by atoms with E-state index in [-0.39, 0.29) is 12.4 Å². The van der Waals surface area contributed by atoms with Gasteiger partial charge >= 0.3 is 0 Å². The van der Waals surface area contributed by atoms with E-state index in [4.69, 9.17) is 5.73 Å². The molecule has 2 rings (SSSR count). The summed E-state index contributed by atoms with van der Waals surface area (Å²) in [5.41, 5.74) is 6.33. The first kappa shape index (κ1) is 11.0. The van der Waals surface area contributed by atoms with Crippen LogP contribution in [0.4, 0.5) is 5.82 Å². The van der Waals surface area contributed by atoms with Crippen molar-refractivity contribution in [2.45, 2.75) is 0 Å². The Kier molecular flexibility index (Phi) is 3.49. The molecule has 0 radical (unpaired) electrons. The summed E-state index contributed by atoms with van der Waals surface area (Å²) < 4.78 is 1.02. The lowest BCUT2D eigenvalue weighted by molar-refractivity contribution is 0.754. The number of aromatic nitrogens is 3. The van der Waals surface area contributed by atoms with Crippen LogP contribution in [0, 0.1) is 0 Å². The van der Waals surface area contributed by atoms with Gasteiger partial charge < -0.3 is 5.73 Å². The summed E-state index contributed by atoms with van der Waals surface area (Å²) in [7, 11) is 0. The summed E-state index contributed by atoms with van der Waals surface area (Å²) in [6.07, 6.45) is 1.52. The standard InChI is InChI=1S/C8H7BrN4.ClH/c9-6-1-3-7(4-2-6)13-11-5-8(10)12-13;/h1-5H,(H2,10,12);1H. The normalized spacial score (nSPS) is 9.50. The fourth-order valence-electron chi connectivity index (χ4n) is 0.974. The molecule has 74 valence electrons. The Bertz CT molecular complexity index is 412. The van der Waals surface area contributed by atoms with E-state index in [0.717, 1.165) is 10.2 Å². The maximum atomic E-state index is 5.44. The Morgan fingerprint density at radius 1 is 1.21 bits per heavy atom. The van der Waals surface area contributed by atoms with E-state index in [0.29, 0.717) is 5.82 Å². The number of nitrogens with zero attached hydrogens (tertiary/aromatic N) is 3. The van der Waals surface area contributed by atoms with Crippen molar-refractivity contribution in [3.05, 3.63) is 34.9 Å². The zero-order valence-corrected chi connectivity index (χ0v) is 9.49. The molecule has 1 aromatic carbocycles. The van der Waals surface area contributed by atoms with Crippen LogP contribution in [0.25, 0.3) is 5.69 Å². The molecule has 2 aromatic rings. The van der Waals surface area contributed by atoms with Gasteiger partial charge in [-0.15, -0.1) is 22.3 Å². The third kappa shape index (κ3) is 2.24. The Morgan fingerprint density at radius 3 is 2.36 bits per heavy atom. The van der Waals surface area contributed by atoms with Gasteiger partial charge in [-0.2, -0.15) is 5.10 Å². The fraction of sp³-hybridized carbons (Fsp3) is 0. The number of hydrogen-bond donors (Lipinski definition) is 1. The van der Waals surface area contributed by atoms with Crippen LogP contribution in [-0.2, 0) is 0 Å². The minimum Gasteiger partial charge on any atom is -0.381 e. The number of nitrogens with two attached hydrogens (primary N) is 1. The second-order valence-corrected chi connectivity index (χ2v) is 3.45. The number of anilines is 1. The second-order valence-electron chi connectivity index (χ2n) is 2.54. The zero-order chi connectivity index (χ0) is 9.26. The summed E-state index contributed by atoms with van der Waals surface area (Å²) in [4.78, 5) is 1.49. The quantitative estimate of drug-likeness (QED) is 0.866. The van der Waals surface area contributed by atoms with Crippen molar-refractivity contribution in [2.75, 3.05) is 5.73 Å². The summed E-state index contributed by atoms with van der Waals surface area (Å²) in [5.74, 6) is 0.419. The average molecular weight is 276 g/mol. The lowest BCUT2D eigenvalue weighted by Gasteiger charge is -1.97. The van der Waals surface area contributed by atoms with Crippen LogP contribution in [0.5, 0.6) is 0 Å². The van der Waals surface area contributed by atoms with Gasteiger partial charge in [0, 0.05) is 4.47 Å². The second kappa shape index (κ2) is 4.43. The van der Waals surface area contributed by atoms with E-state index in [1.807, 2.05) is 24.3 Å². The Balaban J connectivity index is 0.000000980. The van der Waals surface area contributed by atoms with Crippen molar-refractivity contribution in [3.63, 3.8) is 0 Å². The first-order valence-electron chi connectivity index (χ1n) is 3.69. The monoisotopic (exact) mass is 274 g/mol. The molecule has 6 heteroatoms. The van der Waals surface area contributed by atoms with E-state index in [9.17, 15) is 0 Å². The van der Waals surface area contributed by atoms with Gasteiger partial charge in [0.15, 0.2) is 5.82 Å². The molecule has 0 atom stereocenters. The molecule has 0 aliphatic carbocycles. The third-order valence-corrected chi connectivity index (χ3v) is 2.10. The van der Waals surface area contributed by atoms with Crippen molar-refractivity contribution in [1.29, 1.82) is 0 Å². The smallest absolute Gasteiger partial charge is 0.166 e. The van der Waals surface area contributed by atoms with Gasteiger partial charge in [-0.3, -0.25) is 0 Å². The zero-order valence-electron chi connectivity index (χ0n) is 7.09. The van der Waals surface area contributed by atoms with Crippen molar-refractivity contribution < 1.29 is 0 Å². The number of halogens is 2. The van der Waals surface area contributed by atoms with Crippen LogP contribution in [-0.4, -0.2) is 15.0 Å². The summed E-state index contributed by atoms with van der Waals surface area (Å²) in [6.45, 7) is 0. The highest BCUT2D eigenvalue weighted by Gasteiger charge is 1.98. The summed E-state index contributed by atoms with van der Waals surface area (Å²) in [6, 6.07) is 7.66. The van der Waals surface area contributed by atoms with E-state index in [2.05, 4.69) is 26.1 Å². The molecule has 4 nitrogen and oxygen atoms in total. The summed E-state index contributed by atoms with van der Waals surface area (Å²) >= 11 is 3.35. The van der Waals surface area contributed by atoms with Gasteiger partial charge in [0.05, 0.1) is 11.9 Å². The lowest BCUT2D eigenvalue weighted by atomic mass is 10.3. The number of rotatable bonds is 1. The van der Waals surface area contributed by atoms with Crippen molar-refractivity contribution in [1.82, 2.24) is 15.0 Å². The molecule has 1 aromatic heterocycles. The number of hydrogen-bond acceptors (Lipinski definition) is 3. The first-order valence-corrected chi connectivity index (χ1v) is 4.49. The van der Waals surface area contributed by atoms with Crippen LogP contribution >= 0.6 is 28.3 Å². The van der Waals surface area contributed by atoms with E-state index >= 15 is 0 Å². The molecule has 0 saturated heterocycles. The molecule has 0 aliphatic heterocycles. The van der Waals surface area contributed by atoms with Crippen LogP contribution in [0.15, 0.2) is 34.9 Å². The largest absolute Gasteiger partial charge is 0.381 e. The molecule has 0 bridgehead atoms. The van der Waals surface area contributed by atoms with Gasteiger partial charge in [-0.25, -0.2) is 0 Å². The molecule has 14 heavy (non-hydrogen) atoms. The predicted molar refractivity (Wildman–Crippen MR) is 60.7 cm³/mol. The number of benzene rings is 1. The Hall–Kier alpha value is -1.07. The van der Waals surface area contributed by atoms with Crippen LogP contribution in [0.2, 0.25) is 0 Å². The van der Waals surface area contributed by atoms with E-state index < -0.39 is 0 Å². The van der Waals surface area contributed by atoms with Crippen molar-refractivity contribution >= 4 is 34.2 Å². The highest BCUT2D eigenvalue weighted by Crippen LogP contribution is 2.12. The predicted octanol–water partition coefficient (Wildman–Crippen LogP) is 2.03. The molecule has 1 heterocycles. The van der Waals surface area contributed by atoms with Gasteiger partial charge in [-0.1, -0.05) is 15.9 Å². The number of nitrogen functional groups attached to an aromatic ring is 1. The third-order valence-electron chi connectivity index (χ3n) is 1.57. The minimum absolute atomic E-state index is 0. The SMILES string of the molecule is Cl.Nc1cnn(-c2ccc(Br)cc2)n1. The van der Waals surface area contributed by atoms with Crippen LogP contribution in [0.1, 0.15) is 0 Å². The van der Waals surface area contributed by atoms with Gasteiger partial charge in [0.1, 0.15) is 0 Å². The minimum atomic E-state index is 0. The van der Waals surface area contributed by atoms with Gasteiger partial charge in [0.25, 0.3) is 0 Å². The van der Waals surface area contributed by atoms with Crippen LogP contribution in [0.3, 0.4) is 0 Å². The maximum Gasteiger partial charge on any atom is 0.166 e. The first-order chi connectivity index (χ1) is 6.25. The molecule has 0 aliphatic rings. The molecule has 2 N–H and O–H groups in total. The Labute approximate surface area is 95.6 Å². The summed E-state index contributed by atoms with van der Waals surface area (Å²) in [5, 5.41) is 7.96. The fourth-order valence-corrected chi connectivity index (χ4v) is 1.24. The molecule has 0 saturated carbocycles. The molecule has 0 spiro atoms. The van der Waals surface area contributed by atoms with Crippen molar-refractivity contribution in [3.8, 4) is 5.69 Å². The van der Waals surface area contributed by atoms with Crippen molar-refractivity contribution in [2.24, 2.45) is 0 Å². The van der Waals surface area contributed by atoms with E-state index in [1.165, 1.54) is 11.0 Å². The highest BCUT2D eigenvalue weighted by atomic mass is 79.9. The van der Waals surface area contributed by atoms with Crippen LogP contribution < -0.4 is 5.73 Å².